The Morgan fingerprint density at radius 1 is 0.923 bits per heavy atom. The second kappa shape index (κ2) is 7.36. The van der Waals surface area contributed by atoms with Gasteiger partial charge in [-0.25, -0.2) is 16.8 Å². The summed E-state index contributed by atoms with van der Waals surface area (Å²) in [7, 11) is -7.45. The van der Waals surface area contributed by atoms with Gasteiger partial charge in [-0.05, 0) is 48.9 Å². The maximum absolute atomic E-state index is 12.6. The van der Waals surface area contributed by atoms with Crippen molar-refractivity contribution in [1.29, 1.82) is 0 Å². The highest BCUT2D eigenvalue weighted by molar-refractivity contribution is 7.92. The highest BCUT2D eigenvalue weighted by atomic mass is 32.2. The fourth-order valence-corrected chi connectivity index (χ4v) is 5.11. The average Bonchev–Trinajstić information content (AvgIpc) is 2.62. The number of aryl methyl sites for hydroxylation is 1. The number of ether oxygens (including phenoxy) is 1. The molecule has 1 heterocycles. The summed E-state index contributed by atoms with van der Waals surface area (Å²) >= 11 is 0. The van der Waals surface area contributed by atoms with Gasteiger partial charge in [0.1, 0.15) is 0 Å². The molecule has 2 aromatic rings. The first kappa shape index (κ1) is 18.8. The first-order chi connectivity index (χ1) is 12.3. The smallest absolute Gasteiger partial charge is 0.261 e. The zero-order valence-corrected chi connectivity index (χ0v) is 15.9. The third kappa shape index (κ3) is 4.07. The van der Waals surface area contributed by atoms with Gasteiger partial charge in [0, 0.05) is 18.8 Å². The number of morpholine rings is 1. The number of benzene rings is 2. The van der Waals surface area contributed by atoms with E-state index in [2.05, 4.69) is 4.72 Å². The molecule has 0 amide bonds. The normalized spacial score (nSPS) is 16.3. The lowest BCUT2D eigenvalue weighted by Crippen LogP contribution is -2.40. The first-order valence-corrected chi connectivity index (χ1v) is 11.0. The van der Waals surface area contributed by atoms with E-state index in [9.17, 15) is 16.8 Å². The van der Waals surface area contributed by atoms with Crippen LogP contribution in [0.2, 0.25) is 0 Å². The van der Waals surface area contributed by atoms with E-state index in [0.29, 0.717) is 18.9 Å². The molecule has 0 aromatic heterocycles. The van der Waals surface area contributed by atoms with Crippen molar-refractivity contribution in [1.82, 2.24) is 4.31 Å². The third-order valence-corrected chi connectivity index (χ3v) is 7.32. The van der Waals surface area contributed by atoms with E-state index in [1.807, 2.05) is 13.0 Å². The molecule has 140 valence electrons. The first-order valence-electron chi connectivity index (χ1n) is 8.06. The van der Waals surface area contributed by atoms with Crippen LogP contribution in [-0.2, 0) is 24.8 Å². The van der Waals surface area contributed by atoms with E-state index in [1.54, 1.807) is 18.2 Å². The van der Waals surface area contributed by atoms with Crippen LogP contribution in [0, 0.1) is 6.92 Å². The summed E-state index contributed by atoms with van der Waals surface area (Å²) in [5.41, 5.74) is 1.38. The topological polar surface area (TPSA) is 92.8 Å². The predicted molar refractivity (Wildman–Crippen MR) is 98.0 cm³/mol. The molecular weight excluding hydrogens is 376 g/mol. The molecule has 1 saturated heterocycles. The van der Waals surface area contributed by atoms with Crippen molar-refractivity contribution in [2.45, 2.75) is 16.7 Å². The molecule has 2 aromatic carbocycles. The monoisotopic (exact) mass is 396 g/mol. The molecule has 1 aliphatic heterocycles. The van der Waals surface area contributed by atoms with Crippen LogP contribution in [0.1, 0.15) is 5.56 Å². The van der Waals surface area contributed by atoms with Crippen LogP contribution in [0.3, 0.4) is 0 Å². The maximum atomic E-state index is 12.6. The SMILES string of the molecule is Cc1cccc(NS(=O)(=O)c2ccc(S(=O)(=O)N3CCOCC3)cc2)c1. The van der Waals surface area contributed by atoms with Crippen molar-refractivity contribution in [3.63, 3.8) is 0 Å². The summed E-state index contributed by atoms with van der Waals surface area (Å²) in [4.78, 5) is 0.0637. The minimum atomic E-state index is -3.80. The second-order valence-electron chi connectivity index (χ2n) is 5.96. The van der Waals surface area contributed by atoms with Crippen LogP contribution in [0.5, 0.6) is 0 Å². The molecule has 7 nitrogen and oxygen atoms in total. The lowest BCUT2D eigenvalue weighted by atomic mass is 10.2. The van der Waals surface area contributed by atoms with Crippen LogP contribution in [0.4, 0.5) is 5.69 Å². The molecule has 3 rings (SSSR count). The molecule has 0 aliphatic carbocycles. The predicted octanol–water partition coefficient (Wildman–Crippen LogP) is 1.82. The Kier molecular flexibility index (Phi) is 5.33. The summed E-state index contributed by atoms with van der Waals surface area (Å²) in [6.07, 6.45) is 0. The van der Waals surface area contributed by atoms with Gasteiger partial charge in [-0.2, -0.15) is 4.31 Å². The Morgan fingerprint density at radius 3 is 2.15 bits per heavy atom. The number of anilines is 1. The lowest BCUT2D eigenvalue weighted by molar-refractivity contribution is 0.0730. The molecule has 1 N–H and O–H groups in total. The van der Waals surface area contributed by atoms with Crippen LogP contribution < -0.4 is 4.72 Å². The maximum Gasteiger partial charge on any atom is 0.261 e. The van der Waals surface area contributed by atoms with Gasteiger partial charge in [0.2, 0.25) is 10.0 Å². The molecule has 1 aliphatic rings. The molecular formula is C17H20N2O5S2. The van der Waals surface area contributed by atoms with E-state index in [0.717, 1.165) is 5.56 Å². The van der Waals surface area contributed by atoms with Crippen LogP contribution in [-0.4, -0.2) is 47.4 Å². The van der Waals surface area contributed by atoms with Crippen molar-refractivity contribution in [2.75, 3.05) is 31.0 Å². The fraction of sp³-hybridized carbons (Fsp3) is 0.294. The second-order valence-corrected chi connectivity index (χ2v) is 9.58. The van der Waals surface area contributed by atoms with Crippen molar-refractivity contribution in [2.24, 2.45) is 0 Å². The molecule has 0 atom stereocenters. The minimum absolute atomic E-state index is 0.0000615. The number of hydrogen-bond acceptors (Lipinski definition) is 5. The molecule has 26 heavy (non-hydrogen) atoms. The van der Waals surface area contributed by atoms with Crippen LogP contribution in [0.15, 0.2) is 58.3 Å². The summed E-state index contributed by atoms with van der Waals surface area (Å²) < 4.78 is 59.1. The third-order valence-electron chi connectivity index (χ3n) is 4.01. The van der Waals surface area contributed by atoms with Gasteiger partial charge in [0.25, 0.3) is 10.0 Å². The number of nitrogens with zero attached hydrogens (tertiary/aromatic N) is 1. The molecule has 9 heteroatoms. The fourth-order valence-electron chi connectivity index (χ4n) is 2.65. The van der Waals surface area contributed by atoms with Gasteiger partial charge >= 0.3 is 0 Å². The van der Waals surface area contributed by atoms with E-state index >= 15 is 0 Å². The zero-order valence-electron chi connectivity index (χ0n) is 14.3. The van der Waals surface area contributed by atoms with Gasteiger partial charge in [-0.3, -0.25) is 4.72 Å². The zero-order chi connectivity index (χ0) is 18.8. The van der Waals surface area contributed by atoms with Gasteiger partial charge in [-0.15, -0.1) is 0 Å². The Bertz CT molecular complexity index is 980. The summed E-state index contributed by atoms with van der Waals surface area (Å²) in [6.45, 7) is 3.15. The number of hydrogen-bond donors (Lipinski definition) is 1. The lowest BCUT2D eigenvalue weighted by Gasteiger charge is -2.26. The van der Waals surface area contributed by atoms with E-state index < -0.39 is 20.0 Å². The minimum Gasteiger partial charge on any atom is -0.379 e. The Labute approximate surface area is 153 Å². The van der Waals surface area contributed by atoms with E-state index in [-0.39, 0.29) is 22.9 Å². The summed E-state index contributed by atoms with van der Waals surface area (Å²) in [5, 5.41) is 0. The molecule has 1 fully saturated rings. The molecule has 0 bridgehead atoms. The quantitative estimate of drug-likeness (QED) is 0.832. The molecule has 0 spiro atoms. The molecule has 0 saturated carbocycles. The number of sulfonamides is 2. The Balaban J connectivity index is 1.82. The average molecular weight is 396 g/mol. The number of nitrogens with one attached hydrogen (secondary N) is 1. The van der Waals surface area contributed by atoms with E-state index in [1.165, 1.54) is 28.6 Å². The van der Waals surface area contributed by atoms with Crippen molar-refractivity contribution in [3.8, 4) is 0 Å². The highest BCUT2D eigenvalue weighted by Gasteiger charge is 2.26. The summed E-state index contributed by atoms with van der Waals surface area (Å²) in [5.74, 6) is 0. The standard InChI is InChI=1S/C17H20N2O5S2/c1-14-3-2-4-15(13-14)18-25(20,21)16-5-7-17(8-6-16)26(22,23)19-9-11-24-12-10-19/h2-8,13,18H,9-12H2,1H3. The van der Waals surface area contributed by atoms with Crippen LogP contribution >= 0.6 is 0 Å². The van der Waals surface area contributed by atoms with Gasteiger partial charge in [0.15, 0.2) is 0 Å². The molecule has 0 radical (unpaired) electrons. The summed E-state index contributed by atoms with van der Waals surface area (Å²) in [6, 6.07) is 12.2. The highest BCUT2D eigenvalue weighted by Crippen LogP contribution is 2.21. The van der Waals surface area contributed by atoms with Crippen molar-refractivity contribution in [3.05, 3.63) is 54.1 Å². The van der Waals surface area contributed by atoms with Gasteiger partial charge in [0.05, 0.1) is 23.0 Å². The van der Waals surface area contributed by atoms with Crippen LogP contribution in [0.25, 0.3) is 0 Å². The largest absolute Gasteiger partial charge is 0.379 e. The van der Waals surface area contributed by atoms with Gasteiger partial charge < -0.3 is 4.74 Å². The number of rotatable bonds is 5. The Morgan fingerprint density at radius 2 is 1.54 bits per heavy atom. The van der Waals surface area contributed by atoms with Gasteiger partial charge in [-0.1, -0.05) is 12.1 Å². The van der Waals surface area contributed by atoms with Crippen molar-refractivity contribution < 1.29 is 21.6 Å². The van der Waals surface area contributed by atoms with E-state index in [4.69, 9.17) is 4.74 Å². The molecule has 0 unspecified atom stereocenters. The Hall–Kier alpha value is -1.94. The van der Waals surface area contributed by atoms with Crippen molar-refractivity contribution >= 4 is 25.7 Å².